The normalized spacial score (nSPS) is 32.4. The van der Waals surface area contributed by atoms with E-state index in [1.165, 1.54) is 43.5 Å². The van der Waals surface area contributed by atoms with Gasteiger partial charge in [-0.25, -0.2) is 0 Å². The molecule has 0 saturated heterocycles. The molecule has 0 radical (unpaired) electrons. The van der Waals surface area contributed by atoms with Crippen molar-refractivity contribution in [3.05, 3.63) is 22.4 Å². The van der Waals surface area contributed by atoms with Gasteiger partial charge in [0.15, 0.2) is 0 Å². The maximum Gasteiger partial charge on any atom is 0.00578 e. The molecular weight excluding hydrogens is 214 g/mol. The van der Waals surface area contributed by atoms with Gasteiger partial charge in [0.25, 0.3) is 0 Å². The van der Waals surface area contributed by atoms with E-state index in [9.17, 15) is 0 Å². The van der Waals surface area contributed by atoms with Crippen LogP contribution in [-0.4, -0.2) is 13.1 Å². The van der Waals surface area contributed by atoms with Crippen LogP contribution >= 0.6 is 11.3 Å². The van der Waals surface area contributed by atoms with Crippen LogP contribution in [0.25, 0.3) is 0 Å². The van der Waals surface area contributed by atoms with Gasteiger partial charge >= 0.3 is 0 Å². The SMILES string of the molecule is c1csc(CCNCC2CC3CCC2C3)c1. The number of hydrogen-bond acceptors (Lipinski definition) is 2. The van der Waals surface area contributed by atoms with Crippen molar-refractivity contribution in [2.45, 2.75) is 32.1 Å². The van der Waals surface area contributed by atoms with Crippen LogP contribution < -0.4 is 5.32 Å². The van der Waals surface area contributed by atoms with Crippen molar-refractivity contribution in [3.63, 3.8) is 0 Å². The molecule has 88 valence electrons. The first kappa shape index (κ1) is 10.8. The molecule has 1 N–H and O–H groups in total. The first-order chi connectivity index (χ1) is 7.92. The number of fused-ring (bicyclic) bond motifs is 2. The fraction of sp³-hybridized carbons (Fsp3) is 0.714. The van der Waals surface area contributed by atoms with Gasteiger partial charge < -0.3 is 5.32 Å². The van der Waals surface area contributed by atoms with Gasteiger partial charge in [-0.3, -0.25) is 0 Å². The van der Waals surface area contributed by atoms with Gasteiger partial charge in [0, 0.05) is 4.88 Å². The number of nitrogens with one attached hydrogen (secondary N) is 1. The van der Waals surface area contributed by atoms with Gasteiger partial charge in [-0.2, -0.15) is 0 Å². The van der Waals surface area contributed by atoms with E-state index in [0.717, 1.165) is 24.3 Å². The summed E-state index contributed by atoms with van der Waals surface area (Å²) in [5.74, 6) is 3.16. The zero-order valence-corrected chi connectivity index (χ0v) is 10.6. The van der Waals surface area contributed by atoms with Gasteiger partial charge in [-0.15, -0.1) is 11.3 Å². The molecule has 16 heavy (non-hydrogen) atoms. The Morgan fingerprint density at radius 2 is 2.31 bits per heavy atom. The Kier molecular flexibility index (Phi) is 3.30. The molecule has 1 heterocycles. The topological polar surface area (TPSA) is 12.0 Å². The van der Waals surface area contributed by atoms with Gasteiger partial charge in [-0.05, 0) is 68.0 Å². The highest BCUT2D eigenvalue weighted by atomic mass is 32.1. The van der Waals surface area contributed by atoms with Crippen LogP contribution in [0.5, 0.6) is 0 Å². The number of hydrogen-bond donors (Lipinski definition) is 1. The summed E-state index contributed by atoms with van der Waals surface area (Å²) in [7, 11) is 0. The summed E-state index contributed by atoms with van der Waals surface area (Å²) >= 11 is 1.88. The molecule has 1 nitrogen and oxygen atoms in total. The van der Waals surface area contributed by atoms with Crippen LogP contribution in [0, 0.1) is 17.8 Å². The van der Waals surface area contributed by atoms with E-state index >= 15 is 0 Å². The van der Waals surface area contributed by atoms with Crippen molar-refractivity contribution < 1.29 is 0 Å². The van der Waals surface area contributed by atoms with Crippen molar-refractivity contribution in [1.82, 2.24) is 5.32 Å². The molecule has 1 aromatic rings. The van der Waals surface area contributed by atoms with Gasteiger partial charge in [0.05, 0.1) is 0 Å². The van der Waals surface area contributed by atoms with Crippen molar-refractivity contribution in [2.24, 2.45) is 17.8 Å². The van der Waals surface area contributed by atoms with E-state index < -0.39 is 0 Å². The smallest absolute Gasteiger partial charge is 0.00578 e. The Balaban J connectivity index is 1.35. The molecule has 2 aliphatic rings. The highest BCUT2D eigenvalue weighted by Gasteiger charge is 2.38. The monoisotopic (exact) mass is 235 g/mol. The third-order valence-corrected chi connectivity index (χ3v) is 5.36. The Hall–Kier alpha value is -0.340. The molecule has 3 atom stereocenters. The Bertz CT molecular complexity index is 319. The zero-order valence-electron chi connectivity index (χ0n) is 9.82. The second-order valence-corrected chi connectivity index (χ2v) is 6.50. The van der Waals surface area contributed by atoms with Crippen molar-refractivity contribution in [2.75, 3.05) is 13.1 Å². The van der Waals surface area contributed by atoms with Crippen molar-refractivity contribution in [3.8, 4) is 0 Å². The van der Waals surface area contributed by atoms with E-state index in [-0.39, 0.29) is 0 Å². The summed E-state index contributed by atoms with van der Waals surface area (Å²) in [5.41, 5.74) is 0. The first-order valence-corrected chi connectivity index (χ1v) is 7.53. The van der Waals surface area contributed by atoms with E-state index in [2.05, 4.69) is 22.8 Å². The maximum atomic E-state index is 3.66. The van der Waals surface area contributed by atoms with Gasteiger partial charge in [0.2, 0.25) is 0 Å². The quantitative estimate of drug-likeness (QED) is 0.772. The van der Waals surface area contributed by atoms with Crippen LogP contribution in [0.4, 0.5) is 0 Å². The van der Waals surface area contributed by atoms with Crippen LogP contribution in [0.3, 0.4) is 0 Å². The predicted molar refractivity (Wildman–Crippen MR) is 69.8 cm³/mol. The molecule has 0 aromatic carbocycles. The summed E-state index contributed by atoms with van der Waals surface area (Å²) in [4.78, 5) is 1.51. The minimum absolute atomic E-state index is 1.00. The molecule has 0 amide bonds. The highest BCUT2D eigenvalue weighted by molar-refractivity contribution is 7.09. The fourth-order valence-electron chi connectivity index (χ4n) is 3.58. The van der Waals surface area contributed by atoms with Crippen LogP contribution in [-0.2, 0) is 6.42 Å². The lowest BCUT2D eigenvalue weighted by Crippen LogP contribution is -2.27. The fourth-order valence-corrected chi connectivity index (χ4v) is 4.29. The summed E-state index contributed by atoms with van der Waals surface area (Å²) in [6.07, 6.45) is 7.30. The van der Waals surface area contributed by atoms with Crippen LogP contribution in [0.2, 0.25) is 0 Å². The van der Waals surface area contributed by atoms with E-state index in [4.69, 9.17) is 0 Å². The Morgan fingerprint density at radius 1 is 1.31 bits per heavy atom. The second kappa shape index (κ2) is 4.89. The van der Waals surface area contributed by atoms with E-state index in [1.54, 1.807) is 0 Å². The van der Waals surface area contributed by atoms with Crippen LogP contribution in [0.15, 0.2) is 17.5 Å². The lowest BCUT2D eigenvalue weighted by atomic mass is 9.89. The molecular formula is C14H21NS. The predicted octanol–water partition coefficient (Wildman–Crippen LogP) is 3.32. The van der Waals surface area contributed by atoms with E-state index in [1.807, 2.05) is 11.3 Å². The average Bonchev–Trinajstić information content (AvgIpc) is 3.01. The molecule has 2 heteroatoms. The van der Waals surface area contributed by atoms with Gasteiger partial charge in [-0.1, -0.05) is 12.5 Å². The standard InChI is InChI=1S/C14H21NS/c1-2-14(16-7-1)5-6-15-10-13-9-11-3-4-12(13)8-11/h1-2,7,11-13,15H,3-6,8-10H2. The third-order valence-electron chi connectivity index (χ3n) is 4.42. The molecule has 2 aliphatic carbocycles. The number of rotatable bonds is 5. The highest BCUT2D eigenvalue weighted by Crippen LogP contribution is 2.47. The Morgan fingerprint density at radius 3 is 3.00 bits per heavy atom. The molecule has 1 aromatic heterocycles. The summed E-state index contributed by atoms with van der Waals surface area (Å²) in [5, 5.41) is 5.83. The molecule has 0 aliphatic heterocycles. The third kappa shape index (κ3) is 2.33. The average molecular weight is 235 g/mol. The molecule has 3 rings (SSSR count). The molecule has 0 spiro atoms. The summed E-state index contributed by atoms with van der Waals surface area (Å²) < 4.78 is 0. The van der Waals surface area contributed by atoms with Crippen molar-refractivity contribution in [1.29, 1.82) is 0 Å². The molecule has 2 fully saturated rings. The van der Waals surface area contributed by atoms with E-state index in [0.29, 0.717) is 0 Å². The minimum atomic E-state index is 1.00. The summed E-state index contributed by atoms with van der Waals surface area (Å²) in [6, 6.07) is 4.39. The maximum absolute atomic E-state index is 3.66. The van der Waals surface area contributed by atoms with Gasteiger partial charge in [0.1, 0.15) is 0 Å². The van der Waals surface area contributed by atoms with Crippen molar-refractivity contribution >= 4 is 11.3 Å². The largest absolute Gasteiger partial charge is 0.316 e. The lowest BCUT2D eigenvalue weighted by Gasteiger charge is -2.21. The zero-order chi connectivity index (χ0) is 10.8. The second-order valence-electron chi connectivity index (χ2n) is 5.47. The molecule has 2 bridgehead atoms. The summed E-state index contributed by atoms with van der Waals surface area (Å²) in [6.45, 7) is 2.43. The van der Waals surface area contributed by atoms with Crippen LogP contribution in [0.1, 0.15) is 30.6 Å². The molecule has 3 unspecified atom stereocenters. The first-order valence-electron chi connectivity index (χ1n) is 6.65. The molecule has 2 saturated carbocycles. The Labute approximate surface area is 102 Å². The minimum Gasteiger partial charge on any atom is -0.316 e. The lowest BCUT2D eigenvalue weighted by molar-refractivity contribution is 0.320. The number of thiophene rings is 1.